The van der Waals surface area contributed by atoms with Gasteiger partial charge in [0.1, 0.15) is 0 Å². The monoisotopic (exact) mass is 387 g/mol. The number of amides is 2. The van der Waals surface area contributed by atoms with Crippen LogP contribution in [0.4, 0.5) is 0 Å². The summed E-state index contributed by atoms with van der Waals surface area (Å²) in [5, 5.41) is 8.02. The predicted molar refractivity (Wildman–Crippen MR) is 111 cm³/mol. The summed E-state index contributed by atoms with van der Waals surface area (Å²) in [6.45, 7) is 4.59. The summed E-state index contributed by atoms with van der Waals surface area (Å²) in [7, 11) is 3.34. The second kappa shape index (κ2) is 10.2. The van der Waals surface area contributed by atoms with Gasteiger partial charge >= 0.3 is 0 Å². The Hall–Kier alpha value is -2.18. The SMILES string of the molecule is CC(C)Cc1ccc([C@@H](NCC(=O)NCC(=O)N(C)C)c2cccs2)cc1. The molecule has 5 nitrogen and oxygen atoms in total. The molecule has 2 N–H and O–H groups in total. The average Bonchev–Trinajstić information content (AvgIpc) is 3.15. The Labute approximate surface area is 165 Å². The number of hydrogen-bond acceptors (Lipinski definition) is 4. The molecule has 0 unspecified atom stereocenters. The topological polar surface area (TPSA) is 61.4 Å². The first-order chi connectivity index (χ1) is 12.9. The van der Waals surface area contributed by atoms with Gasteiger partial charge in [0.2, 0.25) is 11.8 Å². The quantitative estimate of drug-likeness (QED) is 0.696. The lowest BCUT2D eigenvalue weighted by Crippen LogP contribution is -2.41. The molecular weight excluding hydrogens is 358 g/mol. The minimum Gasteiger partial charge on any atom is -0.347 e. The van der Waals surface area contributed by atoms with Gasteiger partial charge in [0.15, 0.2) is 0 Å². The van der Waals surface area contributed by atoms with Crippen LogP contribution in [0.3, 0.4) is 0 Å². The van der Waals surface area contributed by atoms with Gasteiger partial charge in [0.05, 0.1) is 19.1 Å². The molecule has 27 heavy (non-hydrogen) atoms. The largest absolute Gasteiger partial charge is 0.347 e. The number of thiophene rings is 1. The van der Waals surface area contributed by atoms with Crippen molar-refractivity contribution < 1.29 is 9.59 Å². The van der Waals surface area contributed by atoms with E-state index in [9.17, 15) is 9.59 Å². The van der Waals surface area contributed by atoms with Crippen LogP contribution in [0.15, 0.2) is 41.8 Å². The second-order valence-electron chi connectivity index (χ2n) is 7.23. The van der Waals surface area contributed by atoms with Gasteiger partial charge in [-0.3, -0.25) is 14.9 Å². The van der Waals surface area contributed by atoms with E-state index in [2.05, 4.69) is 54.8 Å². The number of benzene rings is 1. The summed E-state index contributed by atoms with van der Waals surface area (Å²) in [5.41, 5.74) is 2.45. The Morgan fingerprint density at radius 2 is 1.78 bits per heavy atom. The lowest BCUT2D eigenvalue weighted by molar-refractivity contribution is -0.130. The van der Waals surface area contributed by atoms with Crippen LogP contribution in [0.25, 0.3) is 0 Å². The van der Waals surface area contributed by atoms with Gasteiger partial charge in [-0.15, -0.1) is 11.3 Å². The predicted octanol–water partition coefficient (Wildman–Crippen LogP) is 2.83. The van der Waals surface area contributed by atoms with Crippen molar-refractivity contribution >= 4 is 23.2 Å². The molecule has 0 aliphatic rings. The highest BCUT2D eigenvalue weighted by atomic mass is 32.1. The first kappa shape index (κ1) is 21.1. The third-order valence-corrected chi connectivity index (χ3v) is 5.12. The Morgan fingerprint density at radius 3 is 2.33 bits per heavy atom. The molecule has 2 rings (SSSR count). The molecule has 0 aliphatic carbocycles. The van der Waals surface area contributed by atoms with Gasteiger partial charge in [0, 0.05) is 19.0 Å². The van der Waals surface area contributed by atoms with Crippen LogP contribution in [0.2, 0.25) is 0 Å². The van der Waals surface area contributed by atoms with E-state index in [1.165, 1.54) is 10.5 Å². The van der Waals surface area contributed by atoms with E-state index in [-0.39, 0.29) is 30.9 Å². The van der Waals surface area contributed by atoms with Crippen LogP contribution in [-0.4, -0.2) is 43.9 Å². The van der Waals surface area contributed by atoms with Crippen molar-refractivity contribution in [3.8, 4) is 0 Å². The van der Waals surface area contributed by atoms with Crippen LogP contribution in [0.5, 0.6) is 0 Å². The molecule has 0 saturated carbocycles. The molecule has 2 amide bonds. The van der Waals surface area contributed by atoms with Crippen LogP contribution < -0.4 is 10.6 Å². The summed E-state index contributed by atoms with van der Waals surface area (Å²) < 4.78 is 0. The zero-order valence-electron chi connectivity index (χ0n) is 16.5. The van der Waals surface area contributed by atoms with Gasteiger partial charge < -0.3 is 10.2 Å². The zero-order valence-corrected chi connectivity index (χ0v) is 17.3. The Balaban J connectivity index is 2.01. The Kier molecular flexibility index (Phi) is 8.00. The van der Waals surface area contributed by atoms with Gasteiger partial charge in [-0.1, -0.05) is 44.2 Å². The number of nitrogens with one attached hydrogen (secondary N) is 2. The third kappa shape index (κ3) is 6.81. The number of hydrogen-bond donors (Lipinski definition) is 2. The fraction of sp³-hybridized carbons (Fsp3) is 0.429. The van der Waals surface area contributed by atoms with Crippen LogP contribution >= 0.6 is 11.3 Å². The number of rotatable bonds is 9. The van der Waals surface area contributed by atoms with Crippen molar-refractivity contribution in [3.05, 3.63) is 57.8 Å². The van der Waals surface area contributed by atoms with Crippen LogP contribution in [-0.2, 0) is 16.0 Å². The molecule has 2 aromatic rings. The van der Waals surface area contributed by atoms with Crippen molar-refractivity contribution in [1.82, 2.24) is 15.5 Å². The van der Waals surface area contributed by atoms with Gasteiger partial charge in [-0.05, 0) is 34.9 Å². The van der Waals surface area contributed by atoms with Gasteiger partial charge in [0.25, 0.3) is 0 Å². The van der Waals surface area contributed by atoms with Crippen molar-refractivity contribution in [2.75, 3.05) is 27.2 Å². The number of likely N-dealkylation sites (N-methyl/N-ethyl adjacent to an activating group) is 1. The number of nitrogens with zero attached hydrogens (tertiary/aromatic N) is 1. The highest BCUT2D eigenvalue weighted by Crippen LogP contribution is 2.26. The molecule has 0 aliphatic heterocycles. The summed E-state index contributed by atoms with van der Waals surface area (Å²) in [6.07, 6.45) is 1.06. The minimum absolute atomic E-state index is 0.0150. The van der Waals surface area contributed by atoms with Gasteiger partial charge in [-0.25, -0.2) is 0 Å². The van der Waals surface area contributed by atoms with Crippen LogP contribution in [0, 0.1) is 5.92 Å². The van der Waals surface area contributed by atoms with Gasteiger partial charge in [-0.2, -0.15) is 0 Å². The van der Waals surface area contributed by atoms with Crippen molar-refractivity contribution in [3.63, 3.8) is 0 Å². The first-order valence-corrected chi connectivity index (χ1v) is 10.1. The molecule has 0 saturated heterocycles. The smallest absolute Gasteiger partial charge is 0.241 e. The standard InChI is InChI=1S/C21H29N3O2S/c1-15(2)12-16-7-9-17(10-8-16)21(18-6-5-11-27-18)23-13-19(25)22-14-20(26)24(3)4/h5-11,15,21,23H,12-14H2,1-4H3,(H,22,25)/t21-/m1/s1. The maximum absolute atomic E-state index is 12.1. The molecule has 1 atom stereocenters. The van der Waals surface area contributed by atoms with E-state index in [4.69, 9.17) is 0 Å². The van der Waals surface area contributed by atoms with Crippen LogP contribution in [0.1, 0.15) is 35.9 Å². The Morgan fingerprint density at radius 1 is 1.07 bits per heavy atom. The molecule has 0 bridgehead atoms. The number of carbonyl (C=O) groups excluding carboxylic acids is 2. The second-order valence-corrected chi connectivity index (χ2v) is 8.21. The Bertz CT molecular complexity index is 724. The van der Waals surface area contributed by atoms with Crippen molar-refractivity contribution in [2.45, 2.75) is 26.3 Å². The fourth-order valence-electron chi connectivity index (χ4n) is 2.75. The lowest BCUT2D eigenvalue weighted by Gasteiger charge is -2.19. The molecule has 6 heteroatoms. The van der Waals surface area contributed by atoms with Crippen molar-refractivity contribution in [1.29, 1.82) is 0 Å². The highest BCUT2D eigenvalue weighted by Gasteiger charge is 2.17. The van der Waals surface area contributed by atoms with E-state index in [1.807, 2.05) is 11.4 Å². The maximum Gasteiger partial charge on any atom is 0.241 e. The maximum atomic E-state index is 12.1. The van der Waals surface area contributed by atoms with E-state index < -0.39 is 0 Å². The normalized spacial score (nSPS) is 12.0. The molecule has 0 spiro atoms. The summed E-state index contributed by atoms with van der Waals surface area (Å²) in [6, 6.07) is 12.6. The molecule has 146 valence electrons. The first-order valence-electron chi connectivity index (χ1n) is 9.19. The summed E-state index contributed by atoms with van der Waals surface area (Å²) in [5.74, 6) is 0.303. The minimum atomic E-state index is -0.191. The van der Waals surface area contributed by atoms with E-state index >= 15 is 0 Å². The van der Waals surface area contributed by atoms with E-state index in [0.29, 0.717) is 5.92 Å². The fourth-order valence-corrected chi connectivity index (χ4v) is 3.57. The van der Waals surface area contributed by atoms with E-state index in [0.717, 1.165) is 16.9 Å². The summed E-state index contributed by atoms with van der Waals surface area (Å²) >= 11 is 1.66. The molecule has 1 aromatic carbocycles. The zero-order chi connectivity index (χ0) is 19.8. The van der Waals surface area contributed by atoms with E-state index in [1.54, 1.807) is 25.4 Å². The average molecular weight is 388 g/mol. The molecule has 0 radical (unpaired) electrons. The molecule has 1 heterocycles. The highest BCUT2D eigenvalue weighted by molar-refractivity contribution is 7.10. The molecular formula is C21H29N3O2S. The number of carbonyl (C=O) groups is 2. The molecule has 0 fully saturated rings. The van der Waals surface area contributed by atoms with Crippen molar-refractivity contribution in [2.24, 2.45) is 5.92 Å². The third-order valence-electron chi connectivity index (χ3n) is 4.19. The lowest BCUT2D eigenvalue weighted by atomic mass is 9.99. The molecule has 1 aromatic heterocycles. The summed E-state index contributed by atoms with van der Waals surface area (Å²) in [4.78, 5) is 26.3.